The summed E-state index contributed by atoms with van der Waals surface area (Å²) in [4.78, 5) is 4.41. The van der Waals surface area contributed by atoms with E-state index < -0.39 is 0 Å². The van der Waals surface area contributed by atoms with E-state index in [1.165, 1.54) is 0 Å². The third-order valence-corrected chi connectivity index (χ3v) is 3.59. The predicted octanol–water partition coefficient (Wildman–Crippen LogP) is 1.76. The highest BCUT2D eigenvalue weighted by atomic mass is 16.5. The van der Waals surface area contributed by atoms with E-state index in [-0.39, 0.29) is 5.92 Å². The van der Waals surface area contributed by atoms with Crippen LogP contribution in [0, 0.1) is 0 Å². The quantitative estimate of drug-likeness (QED) is 0.742. The molecule has 1 atom stereocenters. The zero-order chi connectivity index (χ0) is 14.2. The first-order valence-electron chi connectivity index (χ1n) is 6.65. The molecule has 21 heavy (non-hydrogen) atoms. The average molecular weight is 283 g/mol. The zero-order valence-corrected chi connectivity index (χ0v) is 11.1. The molecule has 4 rings (SSSR count). The van der Waals surface area contributed by atoms with Gasteiger partial charge in [-0.2, -0.15) is 10.1 Å². The van der Waals surface area contributed by atoms with Crippen LogP contribution in [0.1, 0.15) is 17.3 Å². The van der Waals surface area contributed by atoms with Crippen molar-refractivity contribution in [1.82, 2.24) is 20.3 Å². The van der Waals surface area contributed by atoms with Gasteiger partial charge >= 0.3 is 0 Å². The number of nitrogens with zero attached hydrogens (tertiary/aromatic N) is 3. The van der Waals surface area contributed by atoms with Crippen LogP contribution in [0.5, 0.6) is 5.75 Å². The molecule has 7 nitrogen and oxygen atoms in total. The SMILES string of the molecule is Nc1[nH]ncc1-c1nc(C2COc3ccccc3C2)no1. The van der Waals surface area contributed by atoms with Gasteiger partial charge in [-0.15, -0.1) is 0 Å². The molecule has 106 valence electrons. The van der Waals surface area contributed by atoms with E-state index >= 15 is 0 Å². The molecule has 0 aliphatic carbocycles. The van der Waals surface area contributed by atoms with Crippen LogP contribution in [0.4, 0.5) is 5.82 Å². The van der Waals surface area contributed by atoms with Crippen LogP contribution in [0.2, 0.25) is 0 Å². The Bertz CT molecular complexity index is 779. The normalized spacial score (nSPS) is 17.2. The summed E-state index contributed by atoms with van der Waals surface area (Å²) in [5.41, 5.74) is 7.53. The molecule has 2 aromatic heterocycles. The first-order chi connectivity index (χ1) is 10.3. The van der Waals surface area contributed by atoms with Crippen molar-refractivity contribution in [3.63, 3.8) is 0 Å². The number of anilines is 1. The van der Waals surface area contributed by atoms with Crippen molar-refractivity contribution in [3.8, 4) is 17.2 Å². The summed E-state index contributed by atoms with van der Waals surface area (Å²) in [6, 6.07) is 7.99. The Hall–Kier alpha value is -2.83. The summed E-state index contributed by atoms with van der Waals surface area (Å²) in [5.74, 6) is 2.41. The molecular formula is C14H13N5O2. The van der Waals surface area contributed by atoms with Gasteiger partial charge in [0.1, 0.15) is 17.1 Å². The Morgan fingerprint density at radius 3 is 3.05 bits per heavy atom. The van der Waals surface area contributed by atoms with Crippen LogP contribution in [-0.4, -0.2) is 26.9 Å². The summed E-state index contributed by atoms with van der Waals surface area (Å²) < 4.78 is 11.0. The lowest BCUT2D eigenvalue weighted by Gasteiger charge is -2.22. The first-order valence-corrected chi connectivity index (χ1v) is 6.65. The van der Waals surface area contributed by atoms with Gasteiger partial charge in [0.15, 0.2) is 5.82 Å². The lowest BCUT2D eigenvalue weighted by Crippen LogP contribution is -2.20. The highest BCUT2D eigenvalue weighted by Gasteiger charge is 2.26. The second kappa shape index (κ2) is 4.62. The lowest BCUT2D eigenvalue weighted by atomic mass is 9.96. The molecule has 3 heterocycles. The molecule has 1 aliphatic heterocycles. The number of nitrogens with one attached hydrogen (secondary N) is 1. The number of para-hydroxylation sites is 1. The molecule has 3 aromatic rings. The number of fused-ring (bicyclic) bond motifs is 1. The number of aromatic nitrogens is 4. The Labute approximate surface area is 120 Å². The van der Waals surface area contributed by atoms with Crippen molar-refractivity contribution < 1.29 is 9.26 Å². The minimum atomic E-state index is 0.0746. The van der Waals surface area contributed by atoms with Crippen molar-refractivity contribution in [1.29, 1.82) is 0 Å². The van der Waals surface area contributed by atoms with Crippen molar-refractivity contribution in [2.75, 3.05) is 12.3 Å². The minimum Gasteiger partial charge on any atom is -0.493 e. The van der Waals surface area contributed by atoms with Crippen LogP contribution in [0.15, 0.2) is 35.0 Å². The van der Waals surface area contributed by atoms with Crippen LogP contribution in [0.25, 0.3) is 11.5 Å². The second-order valence-electron chi connectivity index (χ2n) is 4.97. The predicted molar refractivity (Wildman–Crippen MR) is 74.7 cm³/mol. The number of nitrogen functional groups attached to an aromatic ring is 1. The number of hydrogen-bond donors (Lipinski definition) is 2. The van der Waals surface area contributed by atoms with Gasteiger partial charge in [0.25, 0.3) is 5.89 Å². The van der Waals surface area contributed by atoms with E-state index in [1.807, 2.05) is 18.2 Å². The molecule has 0 spiro atoms. The van der Waals surface area contributed by atoms with Crippen LogP contribution in [0.3, 0.4) is 0 Å². The highest BCUT2D eigenvalue weighted by molar-refractivity contribution is 5.65. The topological polar surface area (TPSA) is 103 Å². The fourth-order valence-corrected chi connectivity index (χ4v) is 2.47. The van der Waals surface area contributed by atoms with Crippen LogP contribution < -0.4 is 10.5 Å². The number of aromatic amines is 1. The molecule has 0 bridgehead atoms. The monoisotopic (exact) mass is 283 g/mol. The van der Waals surface area contributed by atoms with Gasteiger partial charge in [-0.1, -0.05) is 23.4 Å². The Balaban J connectivity index is 1.61. The average Bonchev–Trinajstić information content (AvgIpc) is 3.15. The van der Waals surface area contributed by atoms with E-state index in [2.05, 4.69) is 26.4 Å². The van der Waals surface area contributed by atoms with Crippen LogP contribution >= 0.6 is 0 Å². The van der Waals surface area contributed by atoms with Gasteiger partial charge < -0.3 is 15.0 Å². The molecule has 1 aromatic carbocycles. The summed E-state index contributed by atoms with van der Waals surface area (Å²) in [5, 5.41) is 10.5. The maximum atomic E-state index is 5.75. The Kier molecular flexibility index (Phi) is 2.63. The van der Waals surface area contributed by atoms with E-state index in [0.717, 1.165) is 17.7 Å². The summed E-state index contributed by atoms with van der Waals surface area (Å²) in [7, 11) is 0. The second-order valence-corrected chi connectivity index (χ2v) is 4.97. The maximum absolute atomic E-state index is 5.75. The first kappa shape index (κ1) is 12.0. The summed E-state index contributed by atoms with van der Waals surface area (Å²) >= 11 is 0. The van der Waals surface area contributed by atoms with Gasteiger partial charge in [0.2, 0.25) is 0 Å². The number of hydrogen-bond acceptors (Lipinski definition) is 6. The minimum absolute atomic E-state index is 0.0746. The third-order valence-electron chi connectivity index (χ3n) is 3.59. The van der Waals surface area contributed by atoms with E-state index in [9.17, 15) is 0 Å². The summed E-state index contributed by atoms with van der Waals surface area (Å²) in [6.45, 7) is 0.539. The van der Waals surface area contributed by atoms with Crippen molar-refractivity contribution >= 4 is 5.82 Å². The number of nitrogens with two attached hydrogens (primary N) is 1. The van der Waals surface area contributed by atoms with Gasteiger partial charge in [0, 0.05) is 0 Å². The third kappa shape index (κ3) is 2.03. The Morgan fingerprint density at radius 1 is 1.29 bits per heavy atom. The van der Waals surface area contributed by atoms with Crippen molar-refractivity contribution in [2.24, 2.45) is 0 Å². The Morgan fingerprint density at radius 2 is 2.19 bits per heavy atom. The molecule has 0 saturated heterocycles. The fraction of sp³-hybridized carbons (Fsp3) is 0.214. The number of rotatable bonds is 2. The van der Waals surface area contributed by atoms with Gasteiger partial charge in [0.05, 0.1) is 18.7 Å². The van der Waals surface area contributed by atoms with Crippen molar-refractivity contribution in [3.05, 3.63) is 41.9 Å². The number of benzene rings is 1. The molecule has 7 heteroatoms. The molecule has 3 N–H and O–H groups in total. The van der Waals surface area contributed by atoms with E-state index in [4.69, 9.17) is 15.0 Å². The smallest absolute Gasteiger partial charge is 0.263 e. The molecule has 0 amide bonds. The molecule has 1 aliphatic rings. The molecular weight excluding hydrogens is 270 g/mol. The van der Waals surface area contributed by atoms with Gasteiger partial charge in [-0.3, -0.25) is 5.10 Å². The van der Waals surface area contributed by atoms with Crippen molar-refractivity contribution in [2.45, 2.75) is 12.3 Å². The number of ether oxygens (including phenoxy) is 1. The fourth-order valence-electron chi connectivity index (χ4n) is 2.47. The maximum Gasteiger partial charge on any atom is 0.263 e. The molecule has 0 saturated carbocycles. The standard InChI is InChI=1S/C14H13N5O2/c15-12-10(6-16-18-12)14-17-13(19-21-14)9-5-8-3-1-2-4-11(8)20-7-9/h1-4,6,9H,5,7H2,(H3,15,16,18). The van der Waals surface area contributed by atoms with E-state index in [0.29, 0.717) is 29.7 Å². The number of H-pyrrole nitrogens is 1. The van der Waals surface area contributed by atoms with E-state index in [1.54, 1.807) is 6.20 Å². The molecule has 0 radical (unpaired) electrons. The van der Waals surface area contributed by atoms with Gasteiger partial charge in [-0.05, 0) is 18.1 Å². The molecule has 0 fully saturated rings. The highest BCUT2D eigenvalue weighted by Crippen LogP contribution is 2.32. The largest absolute Gasteiger partial charge is 0.493 e. The van der Waals surface area contributed by atoms with Gasteiger partial charge in [-0.25, -0.2) is 0 Å². The lowest BCUT2D eigenvalue weighted by molar-refractivity contribution is 0.254. The van der Waals surface area contributed by atoms with Crippen LogP contribution in [-0.2, 0) is 6.42 Å². The zero-order valence-electron chi connectivity index (χ0n) is 11.1. The molecule has 1 unspecified atom stereocenters. The summed E-state index contributed by atoms with van der Waals surface area (Å²) in [6.07, 6.45) is 2.40.